The second-order valence-electron chi connectivity index (χ2n) is 5.31. The van der Waals surface area contributed by atoms with Crippen LogP contribution in [-0.2, 0) is 19.7 Å². The summed E-state index contributed by atoms with van der Waals surface area (Å²) in [6, 6.07) is 0. The van der Waals surface area contributed by atoms with E-state index in [1.165, 1.54) is 11.4 Å². The molecule has 0 bridgehead atoms. The number of carbonyl (C=O) groups excluding carboxylic acids is 1. The van der Waals surface area contributed by atoms with E-state index in [0.717, 1.165) is 12.8 Å². The highest BCUT2D eigenvalue weighted by molar-refractivity contribution is 7.87. The molecule has 7 heteroatoms. The highest BCUT2D eigenvalue weighted by atomic mass is 32.2. The lowest BCUT2D eigenvalue weighted by atomic mass is 9.97. The van der Waals surface area contributed by atoms with E-state index in [9.17, 15) is 13.2 Å². The number of nitrogens with one attached hydrogen (secondary N) is 1. The number of ether oxygens (including phenoxy) is 1. The second kappa shape index (κ2) is 7.21. The maximum atomic E-state index is 12.0. The zero-order chi connectivity index (χ0) is 14.5. The molecule has 1 saturated heterocycles. The minimum Gasteiger partial charge on any atom is -0.469 e. The summed E-state index contributed by atoms with van der Waals surface area (Å²) in [5.74, 6) is -0.486. The third kappa shape index (κ3) is 5.08. The molecule has 0 spiro atoms. The largest absolute Gasteiger partial charge is 0.469 e. The van der Waals surface area contributed by atoms with Gasteiger partial charge in [0.1, 0.15) is 0 Å². The number of carbonyl (C=O) groups is 1. The van der Waals surface area contributed by atoms with Crippen molar-refractivity contribution < 1.29 is 17.9 Å². The van der Waals surface area contributed by atoms with Crippen LogP contribution in [0.15, 0.2) is 0 Å². The number of rotatable bonds is 7. The average molecular weight is 292 g/mol. The summed E-state index contributed by atoms with van der Waals surface area (Å²) in [6.45, 7) is 5.20. The molecule has 1 aliphatic rings. The Morgan fingerprint density at radius 1 is 1.32 bits per heavy atom. The third-order valence-corrected chi connectivity index (χ3v) is 4.78. The topological polar surface area (TPSA) is 75.7 Å². The van der Waals surface area contributed by atoms with Crippen LogP contribution in [0.5, 0.6) is 0 Å². The zero-order valence-corrected chi connectivity index (χ0v) is 12.7. The van der Waals surface area contributed by atoms with Gasteiger partial charge in [-0.25, -0.2) is 4.72 Å². The number of hydrogen-bond acceptors (Lipinski definition) is 4. The Morgan fingerprint density at radius 3 is 2.37 bits per heavy atom. The SMILES string of the molecule is COC(=O)[C@H](CNS(=O)(=O)N1CCCC1)CC(C)C. The number of nitrogens with zero attached hydrogens (tertiary/aromatic N) is 1. The summed E-state index contributed by atoms with van der Waals surface area (Å²) in [5.41, 5.74) is 0. The maximum absolute atomic E-state index is 12.0. The molecule has 0 amide bonds. The van der Waals surface area contributed by atoms with Crippen LogP contribution in [0.2, 0.25) is 0 Å². The van der Waals surface area contributed by atoms with Gasteiger partial charge in [0.15, 0.2) is 0 Å². The molecule has 112 valence electrons. The van der Waals surface area contributed by atoms with Crippen molar-refractivity contribution in [2.75, 3.05) is 26.7 Å². The van der Waals surface area contributed by atoms with Crippen molar-refractivity contribution in [2.45, 2.75) is 33.1 Å². The summed E-state index contributed by atoms with van der Waals surface area (Å²) in [7, 11) is -2.13. The first-order valence-corrected chi connectivity index (χ1v) is 8.13. The monoisotopic (exact) mass is 292 g/mol. The molecule has 0 aromatic carbocycles. The lowest BCUT2D eigenvalue weighted by Gasteiger charge is -2.20. The van der Waals surface area contributed by atoms with E-state index in [0.29, 0.717) is 25.4 Å². The minimum atomic E-state index is -3.46. The van der Waals surface area contributed by atoms with E-state index in [1.54, 1.807) is 0 Å². The Hall–Kier alpha value is -0.660. The van der Waals surface area contributed by atoms with Crippen LogP contribution in [0, 0.1) is 11.8 Å². The molecule has 1 heterocycles. The van der Waals surface area contributed by atoms with E-state index in [1.807, 2.05) is 13.8 Å². The predicted octanol–water partition coefficient (Wildman–Crippen LogP) is 0.752. The zero-order valence-electron chi connectivity index (χ0n) is 11.9. The Labute approximate surface area is 115 Å². The first-order chi connectivity index (χ1) is 8.86. The molecule has 0 aliphatic carbocycles. The van der Waals surface area contributed by atoms with E-state index in [-0.39, 0.29) is 12.5 Å². The van der Waals surface area contributed by atoms with E-state index < -0.39 is 16.1 Å². The molecule has 1 fully saturated rings. The second-order valence-corrected chi connectivity index (χ2v) is 7.06. The first kappa shape index (κ1) is 16.4. The van der Waals surface area contributed by atoms with Gasteiger partial charge in [0.25, 0.3) is 10.2 Å². The molecule has 1 rings (SSSR count). The molecule has 0 radical (unpaired) electrons. The van der Waals surface area contributed by atoms with Crippen molar-refractivity contribution in [3.8, 4) is 0 Å². The molecule has 19 heavy (non-hydrogen) atoms. The lowest BCUT2D eigenvalue weighted by molar-refractivity contribution is -0.145. The van der Waals surface area contributed by atoms with E-state index >= 15 is 0 Å². The van der Waals surface area contributed by atoms with Gasteiger partial charge in [-0.05, 0) is 25.2 Å². The van der Waals surface area contributed by atoms with Gasteiger partial charge in [-0.15, -0.1) is 0 Å². The standard InChI is InChI=1S/C12H24N2O4S/c1-10(2)8-11(12(15)18-3)9-13-19(16,17)14-6-4-5-7-14/h10-11,13H,4-9H2,1-3H3/t11-/m0/s1. The maximum Gasteiger partial charge on any atom is 0.309 e. The van der Waals surface area contributed by atoms with Gasteiger partial charge in [0.05, 0.1) is 13.0 Å². The highest BCUT2D eigenvalue weighted by Gasteiger charge is 2.28. The van der Waals surface area contributed by atoms with Gasteiger partial charge >= 0.3 is 5.97 Å². The van der Waals surface area contributed by atoms with Crippen molar-refractivity contribution in [1.82, 2.24) is 9.03 Å². The number of esters is 1. The summed E-state index contributed by atoms with van der Waals surface area (Å²) >= 11 is 0. The molecular formula is C12H24N2O4S. The summed E-state index contributed by atoms with van der Waals surface area (Å²) in [4.78, 5) is 11.6. The van der Waals surface area contributed by atoms with Crippen molar-refractivity contribution >= 4 is 16.2 Å². The molecule has 1 aliphatic heterocycles. The Morgan fingerprint density at radius 2 is 1.89 bits per heavy atom. The van der Waals surface area contributed by atoms with Crippen LogP contribution in [0.25, 0.3) is 0 Å². The first-order valence-electron chi connectivity index (χ1n) is 6.69. The van der Waals surface area contributed by atoms with Crippen LogP contribution >= 0.6 is 0 Å². The average Bonchev–Trinajstić information content (AvgIpc) is 2.87. The fourth-order valence-corrected chi connectivity index (χ4v) is 3.56. The van der Waals surface area contributed by atoms with E-state index in [4.69, 9.17) is 4.74 Å². The van der Waals surface area contributed by atoms with Gasteiger partial charge in [-0.3, -0.25) is 4.79 Å². The quantitative estimate of drug-likeness (QED) is 0.703. The van der Waals surface area contributed by atoms with Crippen LogP contribution in [0.1, 0.15) is 33.1 Å². The van der Waals surface area contributed by atoms with Crippen LogP contribution in [0.3, 0.4) is 0 Å². The molecule has 0 aromatic heterocycles. The smallest absolute Gasteiger partial charge is 0.309 e. The van der Waals surface area contributed by atoms with Crippen molar-refractivity contribution in [3.05, 3.63) is 0 Å². The van der Waals surface area contributed by atoms with Crippen LogP contribution in [0.4, 0.5) is 0 Å². The summed E-state index contributed by atoms with van der Waals surface area (Å²) in [6.07, 6.45) is 2.40. The Bertz CT molecular complexity index is 389. The fourth-order valence-electron chi connectivity index (χ4n) is 2.22. The molecule has 6 nitrogen and oxygen atoms in total. The van der Waals surface area contributed by atoms with E-state index in [2.05, 4.69) is 4.72 Å². The summed E-state index contributed by atoms with van der Waals surface area (Å²) in [5, 5.41) is 0. The Kier molecular flexibility index (Phi) is 6.22. The van der Waals surface area contributed by atoms with Gasteiger partial charge in [0.2, 0.25) is 0 Å². The van der Waals surface area contributed by atoms with Gasteiger partial charge < -0.3 is 4.74 Å². The molecule has 1 atom stereocenters. The van der Waals surface area contributed by atoms with Crippen LogP contribution < -0.4 is 4.72 Å². The van der Waals surface area contributed by atoms with Gasteiger partial charge in [-0.2, -0.15) is 12.7 Å². The minimum absolute atomic E-state index is 0.101. The van der Waals surface area contributed by atoms with Crippen molar-refractivity contribution in [2.24, 2.45) is 11.8 Å². The molecule has 0 aromatic rings. The Balaban J connectivity index is 2.57. The molecule has 0 unspecified atom stereocenters. The summed E-state index contributed by atoms with van der Waals surface area (Å²) < 4.78 is 32.7. The number of methoxy groups -OCH3 is 1. The highest BCUT2D eigenvalue weighted by Crippen LogP contribution is 2.15. The van der Waals surface area contributed by atoms with Gasteiger partial charge in [0, 0.05) is 19.6 Å². The predicted molar refractivity (Wildman–Crippen MR) is 72.7 cm³/mol. The third-order valence-electron chi connectivity index (χ3n) is 3.21. The fraction of sp³-hybridized carbons (Fsp3) is 0.917. The molecule has 1 N–H and O–H groups in total. The normalized spacial score (nSPS) is 18.7. The van der Waals surface area contributed by atoms with Crippen molar-refractivity contribution in [3.63, 3.8) is 0 Å². The number of hydrogen-bond donors (Lipinski definition) is 1. The molecule has 0 saturated carbocycles. The van der Waals surface area contributed by atoms with Crippen molar-refractivity contribution in [1.29, 1.82) is 0 Å². The van der Waals surface area contributed by atoms with Crippen LogP contribution in [-0.4, -0.2) is 45.4 Å². The molecular weight excluding hydrogens is 268 g/mol. The van der Waals surface area contributed by atoms with Gasteiger partial charge in [-0.1, -0.05) is 13.8 Å². The lowest BCUT2D eigenvalue weighted by Crippen LogP contribution is -2.42.